The van der Waals surface area contributed by atoms with Crippen LogP contribution in [0, 0.1) is 17.3 Å². The Hall–Kier alpha value is -3.35. The number of carbonyl (C=O) groups is 3. The minimum Gasteiger partial charge on any atom is -0.481 e. The lowest BCUT2D eigenvalue weighted by molar-refractivity contribution is -0.149. The number of carbonyl (C=O) groups excluding carboxylic acids is 2. The van der Waals surface area contributed by atoms with Gasteiger partial charge in [0.25, 0.3) is 0 Å². The number of alkyl carbamates (subject to hydrolysis) is 1. The summed E-state index contributed by atoms with van der Waals surface area (Å²) in [6.45, 7) is 4.56. The number of amides is 2. The second-order valence-corrected chi connectivity index (χ2v) is 10.5. The SMILES string of the molecule is C[C@@H]1CN(C(=O)C2CCC(NC(=O)OCC3c4ccccc4-c4ccccc43)C2)C[C@@]1(C)C(=O)O. The summed E-state index contributed by atoms with van der Waals surface area (Å²) in [7, 11) is 0. The largest absolute Gasteiger partial charge is 0.481 e. The molecule has 2 fully saturated rings. The Balaban J connectivity index is 1.15. The number of ether oxygens (including phenoxy) is 1. The van der Waals surface area contributed by atoms with E-state index < -0.39 is 17.5 Å². The number of nitrogens with zero attached hydrogens (tertiary/aromatic N) is 1. The van der Waals surface area contributed by atoms with Gasteiger partial charge < -0.3 is 20.1 Å². The molecule has 7 nitrogen and oxygen atoms in total. The molecule has 7 heteroatoms. The normalized spacial score (nSPS) is 27.4. The lowest BCUT2D eigenvalue weighted by Crippen LogP contribution is -2.39. The van der Waals surface area contributed by atoms with Crippen molar-refractivity contribution in [2.75, 3.05) is 19.7 Å². The van der Waals surface area contributed by atoms with Crippen LogP contribution in [0.5, 0.6) is 0 Å². The summed E-state index contributed by atoms with van der Waals surface area (Å²) in [4.78, 5) is 39.1. The molecule has 2 amide bonds. The van der Waals surface area contributed by atoms with Crippen molar-refractivity contribution in [1.29, 1.82) is 0 Å². The standard InChI is InChI=1S/C28H32N2O5/c1-17-14-30(16-28(17,2)26(32)33)25(31)18-11-12-19(13-18)29-27(34)35-15-24-22-9-5-3-7-20(22)21-8-4-6-10-23(21)24/h3-10,17-19,24H,11-16H2,1-2H3,(H,29,34)(H,32,33)/t17-,18?,19?,28-/m1/s1. The first-order valence-corrected chi connectivity index (χ1v) is 12.4. The zero-order valence-electron chi connectivity index (χ0n) is 20.2. The number of aliphatic carboxylic acids is 1. The van der Waals surface area contributed by atoms with Gasteiger partial charge in [-0.05, 0) is 54.4 Å². The zero-order valence-corrected chi connectivity index (χ0v) is 20.2. The lowest BCUT2D eigenvalue weighted by atomic mass is 9.81. The number of rotatable bonds is 5. The minimum absolute atomic E-state index is 0.00124. The first kappa shape index (κ1) is 23.4. The maximum Gasteiger partial charge on any atom is 0.407 e. The van der Waals surface area contributed by atoms with Crippen molar-refractivity contribution < 1.29 is 24.2 Å². The molecule has 2 N–H and O–H groups in total. The van der Waals surface area contributed by atoms with Gasteiger partial charge in [-0.15, -0.1) is 0 Å². The molecule has 4 atom stereocenters. The van der Waals surface area contributed by atoms with Crippen LogP contribution >= 0.6 is 0 Å². The van der Waals surface area contributed by atoms with Gasteiger partial charge in [0, 0.05) is 31.0 Å². The van der Waals surface area contributed by atoms with Gasteiger partial charge in [-0.3, -0.25) is 9.59 Å². The first-order valence-electron chi connectivity index (χ1n) is 12.4. The van der Waals surface area contributed by atoms with Crippen molar-refractivity contribution in [3.8, 4) is 11.1 Å². The number of hydrogen-bond acceptors (Lipinski definition) is 4. The maximum absolute atomic E-state index is 13.1. The van der Waals surface area contributed by atoms with E-state index in [2.05, 4.69) is 29.6 Å². The molecule has 0 radical (unpaired) electrons. The molecule has 1 aliphatic heterocycles. The molecular formula is C28H32N2O5. The van der Waals surface area contributed by atoms with Gasteiger partial charge in [0.2, 0.25) is 5.91 Å². The number of fused-ring (bicyclic) bond motifs is 3. The van der Waals surface area contributed by atoms with Crippen LogP contribution in [0.3, 0.4) is 0 Å². The minimum atomic E-state index is -0.910. The molecule has 35 heavy (non-hydrogen) atoms. The van der Waals surface area contributed by atoms with Crippen LogP contribution in [0.25, 0.3) is 11.1 Å². The predicted molar refractivity (Wildman–Crippen MR) is 131 cm³/mol. The highest BCUT2D eigenvalue weighted by molar-refractivity contribution is 5.83. The van der Waals surface area contributed by atoms with Gasteiger partial charge in [0.05, 0.1) is 5.41 Å². The predicted octanol–water partition coefficient (Wildman–Crippen LogP) is 4.26. The van der Waals surface area contributed by atoms with Gasteiger partial charge in [-0.1, -0.05) is 55.5 Å². The average Bonchev–Trinajstić information content (AvgIpc) is 3.52. The molecule has 3 aliphatic rings. The quantitative estimate of drug-likeness (QED) is 0.672. The van der Waals surface area contributed by atoms with Crippen molar-refractivity contribution >= 4 is 18.0 Å². The van der Waals surface area contributed by atoms with E-state index in [4.69, 9.17) is 4.74 Å². The van der Waals surface area contributed by atoms with E-state index in [-0.39, 0.29) is 42.9 Å². The lowest BCUT2D eigenvalue weighted by Gasteiger charge is -2.23. The molecule has 184 valence electrons. The molecule has 1 heterocycles. The summed E-state index contributed by atoms with van der Waals surface area (Å²) in [5.74, 6) is -1.15. The maximum atomic E-state index is 13.1. The molecule has 2 unspecified atom stereocenters. The number of carboxylic acid groups (broad SMARTS) is 1. The van der Waals surface area contributed by atoms with Crippen LogP contribution in [-0.4, -0.2) is 53.7 Å². The number of carboxylic acids is 1. The van der Waals surface area contributed by atoms with Crippen molar-refractivity contribution in [1.82, 2.24) is 10.2 Å². The molecule has 0 bridgehead atoms. The Bertz CT molecular complexity index is 1120. The van der Waals surface area contributed by atoms with E-state index >= 15 is 0 Å². The Labute approximate surface area is 205 Å². The smallest absolute Gasteiger partial charge is 0.407 e. The number of hydrogen-bond donors (Lipinski definition) is 2. The van der Waals surface area contributed by atoms with Gasteiger partial charge in [-0.2, -0.15) is 0 Å². The van der Waals surface area contributed by atoms with E-state index in [0.29, 0.717) is 25.8 Å². The summed E-state index contributed by atoms with van der Waals surface area (Å²) in [5, 5.41) is 12.5. The van der Waals surface area contributed by atoms with Crippen LogP contribution in [0.2, 0.25) is 0 Å². The second kappa shape index (κ2) is 9.02. The van der Waals surface area contributed by atoms with Gasteiger partial charge in [0.15, 0.2) is 0 Å². The molecular weight excluding hydrogens is 444 g/mol. The van der Waals surface area contributed by atoms with E-state index in [9.17, 15) is 19.5 Å². The monoisotopic (exact) mass is 476 g/mol. The average molecular weight is 477 g/mol. The molecule has 5 rings (SSSR count). The fourth-order valence-electron chi connectivity index (χ4n) is 6.00. The van der Waals surface area contributed by atoms with Gasteiger partial charge in [0.1, 0.15) is 6.61 Å². The van der Waals surface area contributed by atoms with Crippen LogP contribution in [0.15, 0.2) is 48.5 Å². The van der Waals surface area contributed by atoms with Crippen molar-refractivity contribution in [2.45, 2.75) is 45.1 Å². The zero-order chi connectivity index (χ0) is 24.7. The Kier molecular flexibility index (Phi) is 6.03. The Morgan fingerprint density at radius 2 is 1.69 bits per heavy atom. The fourth-order valence-corrected chi connectivity index (χ4v) is 6.00. The highest BCUT2D eigenvalue weighted by Gasteiger charge is 2.49. The first-order chi connectivity index (χ1) is 16.8. The van der Waals surface area contributed by atoms with E-state index in [1.807, 2.05) is 31.2 Å². The van der Waals surface area contributed by atoms with Crippen LogP contribution in [0.4, 0.5) is 4.79 Å². The Morgan fingerprint density at radius 3 is 2.29 bits per heavy atom. The third kappa shape index (κ3) is 4.17. The highest BCUT2D eigenvalue weighted by atomic mass is 16.5. The topological polar surface area (TPSA) is 95.9 Å². The summed E-state index contributed by atoms with van der Waals surface area (Å²) < 4.78 is 5.65. The van der Waals surface area contributed by atoms with E-state index in [1.54, 1.807) is 11.8 Å². The molecule has 2 aromatic rings. The molecule has 1 saturated carbocycles. The Morgan fingerprint density at radius 1 is 1.06 bits per heavy atom. The molecule has 0 aromatic heterocycles. The molecule has 2 aliphatic carbocycles. The van der Waals surface area contributed by atoms with Crippen LogP contribution < -0.4 is 5.32 Å². The fraction of sp³-hybridized carbons (Fsp3) is 0.464. The van der Waals surface area contributed by atoms with E-state index in [0.717, 1.165) is 0 Å². The van der Waals surface area contributed by atoms with Crippen molar-refractivity contribution in [2.24, 2.45) is 17.3 Å². The number of benzene rings is 2. The third-order valence-corrected chi connectivity index (χ3v) is 8.35. The number of likely N-dealkylation sites (tertiary alicyclic amines) is 1. The van der Waals surface area contributed by atoms with Crippen molar-refractivity contribution in [3.63, 3.8) is 0 Å². The van der Waals surface area contributed by atoms with Gasteiger partial charge in [-0.25, -0.2) is 4.79 Å². The summed E-state index contributed by atoms with van der Waals surface area (Å²) in [6, 6.07) is 16.3. The number of nitrogens with one attached hydrogen (secondary N) is 1. The summed E-state index contributed by atoms with van der Waals surface area (Å²) >= 11 is 0. The highest BCUT2D eigenvalue weighted by Crippen LogP contribution is 2.44. The van der Waals surface area contributed by atoms with Gasteiger partial charge >= 0.3 is 12.1 Å². The third-order valence-electron chi connectivity index (χ3n) is 8.35. The van der Waals surface area contributed by atoms with Crippen LogP contribution in [-0.2, 0) is 14.3 Å². The summed E-state index contributed by atoms with van der Waals surface area (Å²) in [6.07, 6.45) is 1.48. The van der Waals surface area contributed by atoms with E-state index in [1.165, 1.54) is 22.3 Å². The second-order valence-electron chi connectivity index (χ2n) is 10.5. The van der Waals surface area contributed by atoms with Crippen molar-refractivity contribution in [3.05, 3.63) is 59.7 Å². The summed E-state index contributed by atoms with van der Waals surface area (Å²) in [5.41, 5.74) is 3.80. The molecule has 0 spiro atoms. The van der Waals surface area contributed by atoms with Crippen LogP contribution in [0.1, 0.15) is 50.2 Å². The molecule has 1 saturated heterocycles. The molecule has 2 aromatic carbocycles.